The molecule has 0 aliphatic carbocycles. The summed E-state index contributed by atoms with van der Waals surface area (Å²) in [4.78, 5) is 12.9. The number of ether oxygens (including phenoxy) is 1. The Morgan fingerprint density at radius 3 is 2.64 bits per heavy atom. The smallest absolute Gasteiger partial charge is 0.260 e. The van der Waals surface area contributed by atoms with E-state index >= 15 is 0 Å². The average molecular weight is 398 g/mol. The summed E-state index contributed by atoms with van der Waals surface area (Å²) < 4.78 is 7.42. The van der Waals surface area contributed by atoms with E-state index in [9.17, 15) is 4.79 Å². The van der Waals surface area contributed by atoms with Crippen LogP contribution in [0.15, 0.2) is 48.5 Å². The monoisotopic (exact) mass is 397 g/mol. The van der Waals surface area contributed by atoms with E-state index in [4.69, 9.17) is 16.3 Å². The lowest BCUT2D eigenvalue weighted by molar-refractivity contribution is 0.102. The molecule has 1 heterocycles. The summed E-state index contributed by atoms with van der Waals surface area (Å²) in [6.07, 6.45) is 0.887. The third kappa shape index (κ3) is 4.54. The SMILES string of the molecule is CCCOc1cc(C)ccc1NC(=O)c1c(C)nn(Cc2ccccc2)c1Cl. The fourth-order valence-corrected chi connectivity index (χ4v) is 3.24. The Hall–Kier alpha value is -2.79. The van der Waals surface area contributed by atoms with Gasteiger partial charge in [0.05, 0.1) is 30.1 Å². The minimum atomic E-state index is -0.299. The molecule has 0 spiro atoms. The molecule has 0 aliphatic heterocycles. The van der Waals surface area contributed by atoms with Gasteiger partial charge in [-0.1, -0.05) is 54.9 Å². The zero-order valence-electron chi connectivity index (χ0n) is 16.3. The second-order valence-electron chi connectivity index (χ2n) is 6.70. The third-order valence-corrected chi connectivity index (χ3v) is 4.70. The molecule has 1 N–H and O–H groups in total. The quantitative estimate of drug-likeness (QED) is 0.592. The summed E-state index contributed by atoms with van der Waals surface area (Å²) in [6, 6.07) is 15.6. The zero-order valence-corrected chi connectivity index (χ0v) is 17.1. The molecule has 2 aromatic carbocycles. The molecule has 0 saturated carbocycles. The minimum Gasteiger partial charge on any atom is -0.491 e. The molecule has 0 fully saturated rings. The van der Waals surface area contributed by atoms with Gasteiger partial charge in [-0.05, 0) is 43.5 Å². The van der Waals surface area contributed by atoms with Crippen molar-refractivity contribution in [2.24, 2.45) is 0 Å². The highest BCUT2D eigenvalue weighted by Gasteiger charge is 2.21. The maximum Gasteiger partial charge on any atom is 0.260 e. The van der Waals surface area contributed by atoms with Crippen LogP contribution in [0.5, 0.6) is 5.75 Å². The molecule has 1 amide bonds. The van der Waals surface area contributed by atoms with Gasteiger partial charge in [-0.15, -0.1) is 0 Å². The number of nitrogens with zero attached hydrogens (tertiary/aromatic N) is 2. The van der Waals surface area contributed by atoms with Crippen molar-refractivity contribution in [2.45, 2.75) is 33.7 Å². The van der Waals surface area contributed by atoms with Gasteiger partial charge in [0.25, 0.3) is 5.91 Å². The number of nitrogens with one attached hydrogen (secondary N) is 1. The average Bonchev–Trinajstić information content (AvgIpc) is 2.96. The number of anilines is 1. The van der Waals surface area contributed by atoms with Crippen molar-refractivity contribution in [3.05, 3.63) is 76.1 Å². The van der Waals surface area contributed by atoms with E-state index in [1.807, 2.05) is 62.4 Å². The Morgan fingerprint density at radius 2 is 1.93 bits per heavy atom. The Morgan fingerprint density at radius 1 is 1.18 bits per heavy atom. The Balaban J connectivity index is 1.84. The van der Waals surface area contributed by atoms with Gasteiger partial charge in [-0.25, -0.2) is 4.68 Å². The van der Waals surface area contributed by atoms with Crippen LogP contribution in [0.4, 0.5) is 5.69 Å². The number of hydrogen-bond donors (Lipinski definition) is 1. The highest BCUT2D eigenvalue weighted by Crippen LogP contribution is 2.28. The summed E-state index contributed by atoms with van der Waals surface area (Å²) in [6.45, 7) is 6.90. The molecule has 0 aliphatic rings. The van der Waals surface area contributed by atoms with Crippen molar-refractivity contribution in [1.29, 1.82) is 0 Å². The lowest BCUT2D eigenvalue weighted by Gasteiger charge is -2.13. The van der Waals surface area contributed by atoms with Crippen LogP contribution in [0.3, 0.4) is 0 Å². The van der Waals surface area contributed by atoms with Crippen LogP contribution in [-0.2, 0) is 6.54 Å². The van der Waals surface area contributed by atoms with E-state index in [2.05, 4.69) is 10.4 Å². The molecule has 3 rings (SSSR count). The predicted octanol–water partition coefficient (Wildman–Crippen LogP) is 5.24. The maximum atomic E-state index is 12.9. The number of amides is 1. The number of benzene rings is 2. The first kappa shape index (κ1) is 20.0. The van der Waals surface area contributed by atoms with Crippen molar-refractivity contribution in [3.8, 4) is 5.75 Å². The van der Waals surface area contributed by atoms with E-state index in [-0.39, 0.29) is 5.91 Å². The highest BCUT2D eigenvalue weighted by molar-refractivity contribution is 6.33. The van der Waals surface area contributed by atoms with E-state index in [1.54, 1.807) is 11.6 Å². The minimum absolute atomic E-state index is 0.299. The summed E-state index contributed by atoms with van der Waals surface area (Å²) in [5.41, 5.74) is 3.71. The Labute approximate surface area is 170 Å². The van der Waals surface area contributed by atoms with Gasteiger partial charge in [0, 0.05) is 0 Å². The fourth-order valence-electron chi connectivity index (χ4n) is 2.92. The molecule has 0 atom stereocenters. The Kier molecular flexibility index (Phi) is 6.37. The normalized spacial score (nSPS) is 10.7. The van der Waals surface area contributed by atoms with E-state index < -0.39 is 0 Å². The lowest BCUT2D eigenvalue weighted by atomic mass is 10.2. The molecule has 5 nitrogen and oxygen atoms in total. The molecule has 0 radical (unpaired) electrons. The zero-order chi connectivity index (χ0) is 20.1. The van der Waals surface area contributed by atoms with Gasteiger partial charge in [0.1, 0.15) is 10.9 Å². The van der Waals surface area contributed by atoms with Crippen LogP contribution in [0.1, 0.15) is 40.5 Å². The number of halogens is 1. The van der Waals surface area contributed by atoms with E-state index in [0.717, 1.165) is 17.5 Å². The number of aryl methyl sites for hydroxylation is 2. The largest absolute Gasteiger partial charge is 0.491 e. The number of hydrogen-bond acceptors (Lipinski definition) is 3. The van der Waals surface area contributed by atoms with E-state index in [1.165, 1.54) is 0 Å². The molecular formula is C22H24ClN3O2. The van der Waals surface area contributed by atoms with Crippen molar-refractivity contribution in [1.82, 2.24) is 9.78 Å². The van der Waals surface area contributed by atoms with Crippen LogP contribution in [0, 0.1) is 13.8 Å². The number of carbonyl (C=O) groups is 1. The standard InChI is InChI=1S/C22H24ClN3O2/c1-4-12-28-19-13-15(2)10-11-18(19)24-22(27)20-16(3)25-26(21(20)23)14-17-8-6-5-7-9-17/h5-11,13H,4,12,14H2,1-3H3,(H,24,27). The third-order valence-electron chi connectivity index (χ3n) is 4.31. The van der Waals surface area contributed by atoms with Gasteiger partial charge in [0.15, 0.2) is 0 Å². The molecule has 3 aromatic rings. The van der Waals surface area contributed by atoms with Crippen molar-refractivity contribution >= 4 is 23.2 Å². The number of rotatable bonds is 7. The summed E-state index contributed by atoms with van der Waals surface area (Å²) in [5, 5.41) is 7.69. The van der Waals surface area contributed by atoms with Crippen LogP contribution in [0.25, 0.3) is 0 Å². The molecule has 0 bridgehead atoms. The molecule has 6 heteroatoms. The molecule has 0 unspecified atom stereocenters. The molecule has 146 valence electrons. The van der Waals surface area contributed by atoms with Crippen LogP contribution in [0.2, 0.25) is 5.15 Å². The van der Waals surface area contributed by atoms with Gasteiger partial charge < -0.3 is 10.1 Å². The molecular weight excluding hydrogens is 374 g/mol. The van der Waals surface area contributed by atoms with Gasteiger partial charge >= 0.3 is 0 Å². The first-order valence-electron chi connectivity index (χ1n) is 9.31. The van der Waals surface area contributed by atoms with Crippen LogP contribution >= 0.6 is 11.6 Å². The van der Waals surface area contributed by atoms with Crippen molar-refractivity contribution < 1.29 is 9.53 Å². The highest BCUT2D eigenvalue weighted by atomic mass is 35.5. The van der Waals surface area contributed by atoms with Crippen LogP contribution < -0.4 is 10.1 Å². The number of carbonyl (C=O) groups excluding carboxylic acids is 1. The summed E-state index contributed by atoms with van der Waals surface area (Å²) >= 11 is 6.50. The van der Waals surface area contributed by atoms with E-state index in [0.29, 0.717) is 41.0 Å². The molecule has 28 heavy (non-hydrogen) atoms. The molecule has 1 aromatic heterocycles. The fraction of sp³-hybridized carbons (Fsp3) is 0.273. The van der Waals surface area contributed by atoms with Gasteiger partial charge in [-0.2, -0.15) is 5.10 Å². The van der Waals surface area contributed by atoms with Crippen molar-refractivity contribution in [2.75, 3.05) is 11.9 Å². The first-order chi connectivity index (χ1) is 13.5. The molecule has 0 saturated heterocycles. The van der Waals surface area contributed by atoms with Gasteiger partial charge in [0.2, 0.25) is 0 Å². The second-order valence-corrected chi connectivity index (χ2v) is 7.05. The Bertz CT molecular complexity index is 967. The topological polar surface area (TPSA) is 56.1 Å². The lowest BCUT2D eigenvalue weighted by Crippen LogP contribution is -2.14. The van der Waals surface area contributed by atoms with Gasteiger partial charge in [-0.3, -0.25) is 4.79 Å². The van der Waals surface area contributed by atoms with Crippen molar-refractivity contribution in [3.63, 3.8) is 0 Å². The second kappa shape index (κ2) is 8.93. The summed E-state index contributed by atoms with van der Waals surface area (Å²) in [7, 11) is 0. The summed E-state index contributed by atoms with van der Waals surface area (Å²) in [5.74, 6) is 0.354. The number of aromatic nitrogens is 2. The first-order valence-corrected chi connectivity index (χ1v) is 9.69. The van der Waals surface area contributed by atoms with Crippen LogP contribution in [-0.4, -0.2) is 22.3 Å². The predicted molar refractivity (Wildman–Crippen MR) is 112 cm³/mol. The maximum absolute atomic E-state index is 12.9.